The zero-order valence-corrected chi connectivity index (χ0v) is 20.5. The molecule has 0 aliphatic carbocycles. The van der Waals surface area contributed by atoms with Gasteiger partial charge in [-0.2, -0.15) is 0 Å². The fourth-order valence-corrected chi connectivity index (χ4v) is 2.46. The first-order chi connectivity index (χ1) is 16.4. The van der Waals surface area contributed by atoms with Gasteiger partial charge in [0.25, 0.3) is 0 Å². The Hall–Kier alpha value is -4.39. The number of hydrogen-bond donors (Lipinski definition) is 0. The molecule has 2 rings (SSSR count). The van der Waals surface area contributed by atoms with Gasteiger partial charge in [-0.05, 0) is 75.6 Å². The van der Waals surface area contributed by atoms with Crippen LogP contribution in [-0.4, -0.2) is 17.9 Å². The topological polar surface area (TPSA) is 88.1 Å². The van der Waals surface area contributed by atoms with Crippen LogP contribution in [0.25, 0.3) is 11.1 Å². The van der Waals surface area contributed by atoms with E-state index in [4.69, 9.17) is 18.9 Å². The minimum absolute atomic E-state index is 0.0228. The van der Waals surface area contributed by atoms with Crippen LogP contribution in [0.2, 0.25) is 0 Å². The lowest BCUT2D eigenvalue weighted by Gasteiger charge is -2.14. The standard InChI is InChI=1S/C28H28O7/c1-16(2)15-32-24-13-20(9-11-22(24)33-26(29)17(3)4)21-10-12-23(34-27(30)18(5)6)25(14-21)35-28(31)19(7)8/h9-15H,3,5,7H2,1-2,4,6,8H3. The van der Waals surface area contributed by atoms with Gasteiger partial charge in [0.15, 0.2) is 23.0 Å². The zero-order valence-electron chi connectivity index (χ0n) is 20.5. The Kier molecular flexibility index (Phi) is 8.94. The molecule has 0 bridgehead atoms. The quantitative estimate of drug-likeness (QED) is 0.187. The Labute approximate surface area is 205 Å². The van der Waals surface area contributed by atoms with Gasteiger partial charge in [0.1, 0.15) is 0 Å². The Balaban J connectivity index is 2.55. The summed E-state index contributed by atoms with van der Waals surface area (Å²) in [6, 6.07) is 9.68. The maximum Gasteiger partial charge on any atom is 0.338 e. The minimum atomic E-state index is -0.676. The minimum Gasteiger partial charge on any atom is -0.461 e. The lowest BCUT2D eigenvalue weighted by molar-refractivity contribution is -0.132. The summed E-state index contributed by atoms with van der Waals surface area (Å²) in [5, 5.41) is 0. The molecule has 0 spiro atoms. The highest BCUT2D eigenvalue weighted by molar-refractivity contribution is 5.92. The van der Waals surface area contributed by atoms with Gasteiger partial charge in [0.05, 0.1) is 6.26 Å². The highest BCUT2D eigenvalue weighted by Gasteiger charge is 2.18. The van der Waals surface area contributed by atoms with E-state index in [0.717, 1.165) is 5.57 Å². The van der Waals surface area contributed by atoms with Crippen LogP contribution in [0, 0.1) is 0 Å². The Morgan fingerprint density at radius 1 is 0.600 bits per heavy atom. The Morgan fingerprint density at radius 3 is 1.37 bits per heavy atom. The number of hydrogen-bond acceptors (Lipinski definition) is 7. The van der Waals surface area contributed by atoms with Crippen molar-refractivity contribution >= 4 is 17.9 Å². The van der Waals surface area contributed by atoms with Crippen molar-refractivity contribution in [2.45, 2.75) is 34.6 Å². The molecule has 0 aliphatic heterocycles. The largest absolute Gasteiger partial charge is 0.461 e. The molecule has 7 nitrogen and oxygen atoms in total. The fourth-order valence-electron chi connectivity index (χ4n) is 2.46. The number of esters is 3. The van der Waals surface area contributed by atoms with Crippen LogP contribution in [0.4, 0.5) is 0 Å². The van der Waals surface area contributed by atoms with Gasteiger partial charge in [-0.3, -0.25) is 0 Å². The fraction of sp³-hybridized carbons (Fsp3) is 0.179. The monoisotopic (exact) mass is 476 g/mol. The molecule has 2 aromatic rings. The van der Waals surface area contributed by atoms with Crippen LogP contribution in [0.3, 0.4) is 0 Å². The molecule has 0 saturated carbocycles. The van der Waals surface area contributed by atoms with E-state index in [0.29, 0.717) is 11.1 Å². The lowest BCUT2D eigenvalue weighted by atomic mass is 10.0. The number of carbonyl (C=O) groups is 3. The van der Waals surface area contributed by atoms with Crippen LogP contribution >= 0.6 is 0 Å². The summed E-state index contributed by atoms with van der Waals surface area (Å²) in [7, 11) is 0. The highest BCUT2D eigenvalue weighted by atomic mass is 16.6. The second-order valence-electron chi connectivity index (χ2n) is 8.15. The number of rotatable bonds is 9. The van der Waals surface area contributed by atoms with E-state index in [1.54, 1.807) is 37.3 Å². The summed E-state index contributed by atoms with van der Waals surface area (Å²) in [5.74, 6) is -1.36. The third kappa shape index (κ3) is 7.57. The number of benzene rings is 2. The second-order valence-corrected chi connectivity index (χ2v) is 8.15. The predicted molar refractivity (Wildman–Crippen MR) is 133 cm³/mol. The molecule has 0 atom stereocenters. The molecular weight excluding hydrogens is 448 g/mol. The zero-order chi connectivity index (χ0) is 26.3. The van der Waals surface area contributed by atoms with Crippen molar-refractivity contribution < 1.29 is 33.3 Å². The average molecular weight is 477 g/mol. The SMILES string of the molecule is C=C(C)C(=O)Oc1ccc(-c2ccc(OC(=O)C(=C)C)c(OC(=O)C(=C)C)c2)cc1OC=C(C)C. The predicted octanol–water partition coefficient (Wildman–Crippen LogP) is 6.10. The molecule has 0 amide bonds. The summed E-state index contributed by atoms with van der Waals surface area (Å²) in [5.41, 5.74) is 2.77. The first-order valence-corrected chi connectivity index (χ1v) is 10.6. The molecule has 0 unspecified atom stereocenters. The van der Waals surface area contributed by atoms with Crippen LogP contribution in [0.15, 0.2) is 84.7 Å². The summed E-state index contributed by atoms with van der Waals surface area (Å²) in [6.07, 6.45) is 1.53. The molecular formula is C28H28O7. The van der Waals surface area contributed by atoms with E-state index in [1.165, 1.54) is 26.2 Å². The van der Waals surface area contributed by atoms with Gasteiger partial charge < -0.3 is 18.9 Å². The third-order valence-electron chi connectivity index (χ3n) is 4.30. The van der Waals surface area contributed by atoms with E-state index in [1.807, 2.05) is 13.8 Å². The van der Waals surface area contributed by atoms with Crippen molar-refractivity contribution in [2.75, 3.05) is 0 Å². The van der Waals surface area contributed by atoms with E-state index < -0.39 is 17.9 Å². The van der Waals surface area contributed by atoms with Gasteiger partial charge in [0.2, 0.25) is 0 Å². The molecule has 182 valence electrons. The second kappa shape index (κ2) is 11.7. The van der Waals surface area contributed by atoms with Crippen molar-refractivity contribution in [3.8, 4) is 34.1 Å². The molecule has 0 heterocycles. The van der Waals surface area contributed by atoms with E-state index in [2.05, 4.69) is 19.7 Å². The number of carbonyl (C=O) groups excluding carboxylic acids is 3. The van der Waals surface area contributed by atoms with Gasteiger partial charge >= 0.3 is 17.9 Å². The van der Waals surface area contributed by atoms with Gasteiger partial charge in [-0.15, -0.1) is 0 Å². The smallest absolute Gasteiger partial charge is 0.338 e. The first kappa shape index (κ1) is 26.9. The van der Waals surface area contributed by atoms with Crippen LogP contribution in [0.1, 0.15) is 34.6 Å². The molecule has 0 aliphatic rings. The van der Waals surface area contributed by atoms with Crippen molar-refractivity contribution in [3.05, 3.63) is 84.7 Å². The highest BCUT2D eigenvalue weighted by Crippen LogP contribution is 2.38. The number of ether oxygens (including phenoxy) is 4. The molecule has 2 aromatic carbocycles. The summed E-state index contributed by atoms with van der Waals surface area (Å²) < 4.78 is 21.8. The van der Waals surface area contributed by atoms with Gasteiger partial charge in [-0.25, -0.2) is 14.4 Å². The molecule has 0 fully saturated rings. The van der Waals surface area contributed by atoms with Crippen molar-refractivity contribution in [2.24, 2.45) is 0 Å². The van der Waals surface area contributed by atoms with Crippen LogP contribution in [0.5, 0.6) is 23.0 Å². The van der Waals surface area contributed by atoms with E-state index >= 15 is 0 Å². The maximum absolute atomic E-state index is 12.2. The van der Waals surface area contributed by atoms with Crippen molar-refractivity contribution in [3.63, 3.8) is 0 Å². The molecule has 35 heavy (non-hydrogen) atoms. The van der Waals surface area contributed by atoms with Crippen LogP contribution < -0.4 is 18.9 Å². The summed E-state index contributed by atoms with van der Waals surface area (Å²) in [6.45, 7) is 19.0. The molecule has 0 aromatic heterocycles. The molecule has 0 N–H and O–H groups in total. The summed E-state index contributed by atoms with van der Waals surface area (Å²) in [4.78, 5) is 36.2. The van der Waals surface area contributed by atoms with Gasteiger partial charge in [-0.1, -0.05) is 31.9 Å². The van der Waals surface area contributed by atoms with E-state index in [9.17, 15) is 14.4 Å². The number of allylic oxidation sites excluding steroid dienone is 1. The lowest BCUT2D eigenvalue weighted by Crippen LogP contribution is -2.12. The molecule has 0 saturated heterocycles. The molecule has 0 radical (unpaired) electrons. The third-order valence-corrected chi connectivity index (χ3v) is 4.30. The normalized spacial score (nSPS) is 9.97. The van der Waals surface area contributed by atoms with Gasteiger partial charge in [0, 0.05) is 16.7 Å². The first-order valence-electron chi connectivity index (χ1n) is 10.6. The van der Waals surface area contributed by atoms with E-state index in [-0.39, 0.29) is 39.7 Å². The van der Waals surface area contributed by atoms with Crippen molar-refractivity contribution in [1.82, 2.24) is 0 Å². The Morgan fingerprint density at radius 2 is 0.971 bits per heavy atom. The van der Waals surface area contributed by atoms with Crippen LogP contribution in [-0.2, 0) is 14.4 Å². The van der Waals surface area contributed by atoms with Crippen molar-refractivity contribution in [1.29, 1.82) is 0 Å². The summed E-state index contributed by atoms with van der Waals surface area (Å²) >= 11 is 0. The maximum atomic E-state index is 12.2. The molecule has 7 heteroatoms. The Bertz CT molecular complexity index is 1240. The average Bonchev–Trinajstić information content (AvgIpc) is 2.78.